The average Bonchev–Trinajstić information content (AvgIpc) is 2.70. The van der Waals surface area contributed by atoms with Gasteiger partial charge in [0.1, 0.15) is 11.6 Å². The van der Waals surface area contributed by atoms with Crippen LogP contribution in [0, 0.1) is 5.82 Å². The lowest BCUT2D eigenvalue weighted by molar-refractivity contribution is 0.0542. The Balaban J connectivity index is 1.80. The van der Waals surface area contributed by atoms with Gasteiger partial charge in [-0.15, -0.1) is 0 Å². The molecule has 0 saturated carbocycles. The van der Waals surface area contributed by atoms with Gasteiger partial charge in [-0.1, -0.05) is 30.3 Å². The molecule has 0 aromatic heterocycles. The lowest BCUT2D eigenvalue weighted by Crippen LogP contribution is -2.49. The van der Waals surface area contributed by atoms with Gasteiger partial charge in [0.25, 0.3) is 5.91 Å². The molecule has 0 spiro atoms. The first-order valence-electron chi connectivity index (χ1n) is 9.27. The van der Waals surface area contributed by atoms with Crippen molar-refractivity contribution < 1.29 is 13.9 Å². The van der Waals surface area contributed by atoms with Crippen molar-refractivity contribution in [2.45, 2.75) is 12.5 Å². The van der Waals surface area contributed by atoms with Crippen molar-refractivity contribution in [2.75, 3.05) is 39.8 Å². The van der Waals surface area contributed by atoms with E-state index >= 15 is 0 Å². The van der Waals surface area contributed by atoms with Gasteiger partial charge in [0.05, 0.1) is 18.2 Å². The van der Waals surface area contributed by atoms with Crippen molar-refractivity contribution in [3.05, 3.63) is 65.5 Å². The number of ether oxygens (including phenoxy) is 1. The van der Waals surface area contributed by atoms with Gasteiger partial charge in [0, 0.05) is 19.6 Å². The minimum atomic E-state index is -0.446. The first-order valence-corrected chi connectivity index (χ1v) is 9.27. The Morgan fingerprint density at radius 1 is 1.22 bits per heavy atom. The Bertz CT molecular complexity index is 769. The number of hydrogen-bond acceptors (Lipinski definition) is 4. The molecule has 27 heavy (non-hydrogen) atoms. The van der Waals surface area contributed by atoms with Crippen LogP contribution in [0.1, 0.15) is 28.4 Å². The smallest absolute Gasteiger partial charge is 0.257 e. The number of piperazine rings is 1. The second-order valence-corrected chi connectivity index (χ2v) is 6.79. The summed E-state index contributed by atoms with van der Waals surface area (Å²) in [5.74, 6) is -0.241. The van der Waals surface area contributed by atoms with E-state index in [1.165, 1.54) is 18.2 Å². The van der Waals surface area contributed by atoms with E-state index in [2.05, 4.69) is 24.1 Å². The molecule has 3 rings (SSSR count). The molecule has 0 radical (unpaired) electrons. The number of rotatable bonds is 6. The summed E-state index contributed by atoms with van der Waals surface area (Å²) in [7, 11) is 2.06. The normalized spacial score (nSPS) is 17.7. The second-order valence-electron chi connectivity index (χ2n) is 6.79. The van der Waals surface area contributed by atoms with E-state index in [9.17, 15) is 9.18 Å². The number of halogens is 1. The Kier molecular flexibility index (Phi) is 6.42. The molecule has 0 unspecified atom stereocenters. The molecular formula is C21H26FN3O2. The molecule has 1 aliphatic rings. The summed E-state index contributed by atoms with van der Waals surface area (Å²) in [6, 6.07) is 14.3. The van der Waals surface area contributed by atoms with Crippen molar-refractivity contribution in [2.24, 2.45) is 5.73 Å². The summed E-state index contributed by atoms with van der Waals surface area (Å²) < 4.78 is 19.5. The fourth-order valence-corrected chi connectivity index (χ4v) is 3.32. The van der Waals surface area contributed by atoms with Gasteiger partial charge < -0.3 is 15.4 Å². The Morgan fingerprint density at radius 3 is 2.74 bits per heavy atom. The molecule has 1 atom stereocenters. The van der Waals surface area contributed by atoms with E-state index in [-0.39, 0.29) is 17.5 Å². The molecule has 1 fully saturated rings. The number of likely N-dealkylation sites (N-methyl/N-ethyl adjacent to an activating group) is 1. The zero-order valence-corrected chi connectivity index (χ0v) is 15.6. The maximum absolute atomic E-state index is 13.8. The molecule has 2 N–H and O–H groups in total. The molecule has 5 nitrogen and oxygen atoms in total. The van der Waals surface area contributed by atoms with Crippen LogP contribution < -0.4 is 10.5 Å². The van der Waals surface area contributed by atoms with Gasteiger partial charge in [-0.3, -0.25) is 9.69 Å². The van der Waals surface area contributed by atoms with Gasteiger partial charge in [-0.2, -0.15) is 0 Å². The number of carbonyl (C=O) groups is 1. The molecule has 1 saturated heterocycles. The average molecular weight is 371 g/mol. The summed E-state index contributed by atoms with van der Waals surface area (Å²) in [5.41, 5.74) is 6.93. The van der Waals surface area contributed by atoms with Crippen LogP contribution in [0.25, 0.3) is 0 Å². The zero-order chi connectivity index (χ0) is 19.2. The molecule has 1 heterocycles. The van der Waals surface area contributed by atoms with Crippen LogP contribution in [-0.2, 0) is 0 Å². The topological polar surface area (TPSA) is 58.8 Å². The van der Waals surface area contributed by atoms with E-state index in [1.54, 1.807) is 4.90 Å². The van der Waals surface area contributed by atoms with Crippen LogP contribution in [0.4, 0.5) is 4.39 Å². The maximum Gasteiger partial charge on any atom is 0.257 e. The number of hydrogen-bond donors (Lipinski definition) is 1. The number of benzene rings is 2. The number of nitrogens with two attached hydrogens (primary N) is 1. The Labute approximate surface area is 159 Å². The predicted molar refractivity (Wildman–Crippen MR) is 103 cm³/mol. The summed E-state index contributed by atoms with van der Waals surface area (Å²) in [6.45, 7) is 2.80. The highest BCUT2D eigenvalue weighted by Crippen LogP contribution is 2.27. The van der Waals surface area contributed by atoms with E-state index in [0.29, 0.717) is 38.4 Å². The quantitative estimate of drug-likeness (QED) is 0.793. The number of amides is 1. The van der Waals surface area contributed by atoms with Crippen molar-refractivity contribution in [3.63, 3.8) is 0 Å². The van der Waals surface area contributed by atoms with E-state index < -0.39 is 5.82 Å². The first-order chi connectivity index (χ1) is 13.1. The van der Waals surface area contributed by atoms with E-state index in [1.807, 2.05) is 18.2 Å². The fourth-order valence-electron chi connectivity index (χ4n) is 3.32. The molecule has 2 aromatic carbocycles. The van der Waals surface area contributed by atoms with Crippen LogP contribution in [0.5, 0.6) is 5.75 Å². The monoisotopic (exact) mass is 371 g/mol. The maximum atomic E-state index is 13.8. The first kappa shape index (κ1) is 19.3. The third-order valence-electron chi connectivity index (χ3n) is 4.90. The molecular weight excluding hydrogens is 345 g/mol. The summed E-state index contributed by atoms with van der Waals surface area (Å²) >= 11 is 0. The molecule has 144 valence electrons. The SMILES string of the molecule is CN1CCN(C(=O)c2cc(F)ccc2OCCCN)C[C@@H]1c1ccccc1. The van der Waals surface area contributed by atoms with Gasteiger partial charge >= 0.3 is 0 Å². The van der Waals surface area contributed by atoms with E-state index in [0.717, 1.165) is 12.1 Å². The van der Waals surface area contributed by atoms with Gasteiger partial charge in [0.2, 0.25) is 0 Å². The highest BCUT2D eigenvalue weighted by Gasteiger charge is 2.30. The van der Waals surface area contributed by atoms with Crippen LogP contribution in [0.15, 0.2) is 48.5 Å². The fraction of sp³-hybridized carbons (Fsp3) is 0.381. The van der Waals surface area contributed by atoms with Crippen LogP contribution >= 0.6 is 0 Å². The van der Waals surface area contributed by atoms with Crippen LogP contribution in [0.2, 0.25) is 0 Å². The second kappa shape index (κ2) is 8.97. The zero-order valence-electron chi connectivity index (χ0n) is 15.6. The standard InChI is InChI=1S/C21H26FN3O2/c1-24-11-12-25(15-19(24)16-6-3-2-4-7-16)21(26)18-14-17(22)8-9-20(18)27-13-5-10-23/h2-4,6-9,14,19H,5,10-13,15,23H2,1H3/t19-/m1/s1. The van der Waals surface area contributed by atoms with Crippen molar-refractivity contribution in [1.82, 2.24) is 9.80 Å². The molecule has 6 heteroatoms. The highest BCUT2D eigenvalue weighted by molar-refractivity contribution is 5.97. The van der Waals surface area contributed by atoms with Crippen molar-refractivity contribution >= 4 is 5.91 Å². The van der Waals surface area contributed by atoms with Gasteiger partial charge in [-0.25, -0.2) is 4.39 Å². The third kappa shape index (κ3) is 4.64. The Morgan fingerprint density at radius 2 is 2.00 bits per heavy atom. The van der Waals surface area contributed by atoms with Gasteiger partial charge in [0.15, 0.2) is 0 Å². The lowest BCUT2D eigenvalue weighted by Gasteiger charge is -2.40. The largest absolute Gasteiger partial charge is 0.493 e. The van der Waals surface area contributed by atoms with Gasteiger partial charge in [-0.05, 0) is 43.8 Å². The molecule has 1 amide bonds. The Hall–Kier alpha value is -2.44. The van der Waals surface area contributed by atoms with Crippen molar-refractivity contribution in [3.8, 4) is 5.75 Å². The van der Waals surface area contributed by atoms with Crippen molar-refractivity contribution in [1.29, 1.82) is 0 Å². The minimum Gasteiger partial charge on any atom is -0.493 e. The van der Waals surface area contributed by atoms with E-state index in [4.69, 9.17) is 10.5 Å². The summed E-state index contributed by atoms with van der Waals surface area (Å²) in [4.78, 5) is 17.1. The highest BCUT2D eigenvalue weighted by atomic mass is 19.1. The molecule has 1 aliphatic heterocycles. The minimum absolute atomic E-state index is 0.110. The number of carbonyl (C=O) groups excluding carboxylic acids is 1. The lowest BCUT2D eigenvalue weighted by atomic mass is 10.0. The van der Waals surface area contributed by atoms with Crippen LogP contribution in [-0.4, -0.2) is 55.5 Å². The summed E-state index contributed by atoms with van der Waals surface area (Å²) in [6.07, 6.45) is 0.676. The molecule has 0 bridgehead atoms. The number of nitrogens with zero attached hydrogens (tertiary/aromatic N) is 2. The van der Waals surface area contributed by atoms with Crippen LogP contribution in [0.3, 0.4) is 0 Å². The summed E-state index contributed by atoms with van der Waals surface area (Å²) in [5, 5.41) is 0. The third-order valence-corrected chi connectivity index (χ3v) is 4.90. The molecule has 0 aliphatic carbocycles. The molecule has 2 aromatic rings. The predicted octanol–water partition coefficient (Wildman–Crippen LogP) is 2.68.